The molecule has 1 aliphatic carbocycles. The lowest BCUT2D eigenvalue weighted by atomic mass is 9.82. The molecule has 2 aliphatic rings. The van der Waals surface area contributed by atoms with Crippen LogP contribution < -0.4 is 10.7 Å². The standard InChI is InChI=1S/C20H26N4O2/c1-3-23(4-2)20(26)22-24-17-9-5-7-14-13-8-6-10-21-16(13)11-15(19(14)17)18(24)12-25/h5,7-9,16,21,25H,3-4,6,10-12H2,1-2H3,(H,22,26)/t16-/m1/s1. The molecule has 1 aromatic heterocycles. The zero-order valence-electron chi connectivity index (χ0n) is 15.4. The topological polar surface area (TPSA) is 69.5 Å². The van der Waals surface area contributed by atoms with E-state index in [0.29, 0.717) is 13.1 Å². The van der Waals surface area contributed by atoms with Crippen LogP contribution in [0.25, 0.3) is 16.5 Å². The number of aromatic nitrogens is 1. The zero-order valence-corrected chi connectivity index (χ0v) is 15.4. The van der Waals surface area contributed by atoms with E-state index >= 15 is 0 Å². The molecule has 6 heteroatoms. The number of fused-ring (bicyclic) bond motifs is 2. The second-order valence-corrected chi connectivity index (χ2v) is 6.87. The van der Waals surface area contributed by atoms with E-state index in [1.807, 2.05) is 26.0 Å². The van der Waals surface area contributed by atoms with Gasteiger partial charge in [-0.1, -0.05) is 18.2 Å². The molecule has 26 heavy (non-hydrogen) atoms. The van der Waals surface area contributed by atoms with Crippen molar-refractivity contribution in [3.63, 3.8) is 0 Å². The number of nitrogens with one attached hydrogen (secondary N) is 2. The van der Waals surface area contributed by atoms with Crippen LogP contribution in [0.3, 0.4) is 0 Å². The number of rotatable bonds is 4. The van der Waals surface area contributed by atoms with E-state index in [-0.39, 0.29) is 18.7 Å². The zero-order chi connectivity index (χ0) is 18.3. The summed E-state index contributed by atoms with van der Waals surface area (Å²) in [5.74, 6) is 0. The number of hydrogen-bond acceptors (Lipinski definition) is 3. The van der Waals surface area contributed by atoms with Gasteiger partial charge < -0.3 is 15.3 Å². The maximum atomic E-state index is 12.6. The number of aliphatic hydroxyl groups is 1. The van der Waals surface area contributed by atoms with Crippen molar-refractivity contribution >= 4 is 22.5 Å². The van der Waals surface area contributed by atoms with E-state index < -0.39 is 0 Å². The molecule has 0 spiro atoms. The van der Waals surface area contributed by atoms with Crippen LogP contribution in [0.1, 0.15) is 37.1 Å². The maximum Gasteiger partial charge on any atom is 0.336 e. The van der Waals surface area contributed by atoms with Gasteiger partial charge in [0.15, 0.2) is 0 Å². The molecule has 4 rings (SSSR count). The van der Waals surface area contributed by atoms with Crippen LogP contribution in [0.4, 0.5) is 4.79 Å². The van der Waals surface area contributed by atoms with Gasteiger partial charge >= 0.3 is 6.03 Å². The van der Waals surface area contributed by atoms with Crippen molar-refractivity contribution in [2.45, 2.75) is 39.3 Å². The molecule has 0 fully saturated rings. The van der Waals surface area contributed by atoms with E-state index in [1.54, 1.807) is 9.58 Å². The average Bonchev–Trinajstić information content (AvgIpc) is 2.97. The molecule has 2 aromatic rings. The number of hydrogen-bond donors (Lipinski definition) is 3. The minimum Gasteiger partial charge on any atom is -0.390 e. The monoisotopic (exact) mass is 354 g/mol. The molecule has 2 amide bonds. The van der Waals surface area contributed by atoms with Gasteiger partial charge in [-0.3, -0.25) is 4.68 Å². The van der Waals surface area contributed by atoms with Gasteiger partial charge in [0.25, 0.3) is 0 Å². The molecule has 0 saturated carbocycles. The lowest BCUT2D eigenvalue weighted by molar-refractivity contribution is 0.213. The highest BCUT2D eigenvalue weighted by Gasteiger charge is 2.31. The van der Waals surface area contributed by atoms with Crippen LogP contribution in [-0.2, 0) is 13.0 Å². The second-order valence-electron chi connectivity index (χ2n) is 6.87. The highest BCUT2D eigenvalue weighted by molar-refractivity contribution is 6.00. The van der Waals surface area contributed by atoms with Crippen molar-refractivity contribution in [3.8, 4) is 0 Å². The largest absolute Gasteiger partial charge is 0.390 e. The SMILES string of the molecule is CCN(CC)C(=O)Nn1c(CO)c2c3c(cccc31)C1=CCCN[C@@H]1C2. The summed E-state index contributed by atoms with van der Waals surface area (Å²) in [5.41, 5.74) is 8.42. The van der Waals surface area contributed by atoms with Gasteiger partial charge in [-0.05, 0) is 56.0 Å². The number of carbonyl (C=O) groups is 1. The van der Waals surface area contributed by atoms with Gasteiger partial charge in [0, 0.05) is 24.5 Å². The summed E-state index contributed by atoms with van der Waals surface area (Å²) < 4.78 is 1.78. The smallest absolute Gasteiger partial charge is 0.336 e. The predicted octanol–water partition coefficient (Wildman–Crippen LogP) is 2.44. The Balaban J connectivity index is 1.87. The minimum absolute atomic E-state index is 0.103. The van der Waals surface area contributed by atoms with Crippen molar-refractivity contribution in [2.75, 3.05) is 25.1 Å². The van der Waals surface area contributed by atoms with Gasteiger partial charge in [-0.25, -0.2) is 10.2 Å². The molecule has 2 heterocycles. The van der Waals surface area contributed by atoms with Crippen molar-refractivity contribution in [2.24, 2.45) is 0 Å². The highest BCUT2D eigenvalue weighted by atomic mass is 16.3. The molecular weight excluding hydrogens is 328 g/mol. The first-order valence-electron chi connectivity index (χ1n) is 9.45. The first-order chi connectivity index (χ1) is 12.7. The third-order valence-electron chi connectivity index (χ3n) is 5.61. The van der Waals surface area contributed by atoms with Crippen LogP contribution >= 0.6 is 0 Å². The molecule has 0 bridgehead atoms. The van der Waals surface area contributed by atoms with Crippen LogP contribution in [0.5, 0.6) is 0 Å². The molecule has 6 nitrogen and oxygen atoms in total. The first kappa shape index (κ1) is 17.1. The Morgan fingerprint density at radius 1 is 1.38 bits per heavy atom. The number of amides is 2. The molecule has 138 valence electrons. The Hall–Kier alpha value is -2.31. The fraction of sp³-hybridized carbons (Fsp3) is 0.450. The quantitative estimate of drug-likeness (QED) is 0.790. The van der Waals surface area contributed by atoms with Gasteiger partial charge in [-0.15, -0.1) is 0 Å². The average molecular weight is 354 g/mol. The van der Waals surface area contributed by atoms with Crippen molar-refractivity contribution in [1.29, 1.82) is 0 Å². The first-order valence-corrected chi connectivity index (χ1v) is 9.45. The molecule has 3 N–H and O–H groups in total. The van der Waals surface area contributed by atoms with Crippen LogP contribution in [0.2, 0.25) is 0 Å². The van der Waals surface area contributed by atoms with E-state index in [4.69, 9.17) is 0 Å². The second kappa shape index (κ2) is 6.78. The van der Waals surface area contributed by atoms with E-state index in [9.17, 15) is 9.90 Å². The minimum atomic E-state index is -0.146. The Morgan fingerprint density at radius 3 is 2.92 bits per heavy atom. The lowest BCUT2D eigenvalue weighted by Crippen LogP contribution is -2.39. The molecule has 0 unspecified atom stereocenters. The van der Waals surface area contributed by atoms with Crippen molar-refractivity contribution in [3.05, 3.63) is 41.1 Å². The van der Waals surface area contributed by atoms with Gasteiger partial charge in [0.2, 0.25) is 0 Å². The van der Waals surface area contributed by atoms with Gasteiger partial charge in [-0.2, -0.15) is 0 Å². The van der Waals surface area contributed by atoms with E-state index in [0.717, 1.165) is 41.5 Å². The number of benzene rings is 1. The van der Waals surface area contributed by atoms with Crippen molar-refractivity contribution < 1.29 is 9.90 Å². The summed E-state index contributed by atoms with van der Waals surface area (Å²) in [6.45, 7) is 6.09. The summed E-state index contributed by atoms with van der Waals surface area (Å²) >= 11 is 0. The van der Waals surface area contributed by atoms with Crippen LogP contribution in [0, 0.1) is 0 Å². The Bertz CT molecular complexity index is 880. The van der Waals surface area contributed by atoms with E-state index in [2.05, 4.69) is 22.9 Å². The summed E-state index contributed by atoms with van der Waals surface area (Å²) in [7, 11) is 0. The molecule has 1 aliphatic heterocycles. The highest BCUT2D eigenvalue weighted by Crippen LogP contribution is 2.40. The number of aliphatic hydroxyl groups excluding tert-OH is 1. The summed E-state index contributed by atoms with van der Waals surface area (Å²) in [5, 5.41) is 14.8. The third-order valence-corrected chi connectivity index (χ3v) is 5.61. The molecule has 1 atom stereocenters. The third kappa shape index (κ3) is 2.52. The molecule has 0 radical (unpaired) electrons. The summed E-state index contributed by atoms with van der Waals surface area (Å²) in [6.07, 6.45) is 4.19. The number of carbonyl (C=O) groups excluding carboxylic acids is 1. The Morgan fingerprint density at radius 2 is 2.19 bits per heavy atom. The molecular formula is C20H26N4O2. The molecule has 0 saturated heterocycles. The van der Waals surface area contributed by atoms with Crippen LogP contribution in [0.15, 0.2) is 24.3 Å². The lowest BCUT2D eigenvalue weighted by Gasteiger charge is -2.30. The summed E-state index contributed by atoms with van der Waals surface area (Å²) in [6, 6.07) is 6.32. The fourth-order valence-electron chi connectivity index (χ4n) is 4.32. The van der Waals surface area contributed by atoms with Gasteiger partial charge in [0.1, 0.15) is 0 Å². The predicted molar refractivity (Wildman–Crippen MR) is 104 cm³/mol. The Labute approximate surface area is 153 Å². The van der Waals surface area contributed by atoms with Crippen LogP contribution in [-0.4, -0.2) is 46.4 Å². The molecule has 1 aromatic carbocycles. The van der Waals surface area contributed by atoms with Gasteiger partial charge in [0.05, 0.1) is 17.8 Å². The van der Waals surface area contributed by atoms with E-state index in [1.165, 1.54) is 11.1 Å². The van der Waals surface area contributed by atoms with Crippen molar-refractivity contribution in [1.82, 2.24) is 14.9 Å². The Kier molecular flexibility index (Phi) is 4.46. The number of urea groups is 1. The maximum absolute atomic E-state index is 12.6. The fourth-order valence-corrected chi connectivity index (χ4v) is 4.32. The number of nitrogens with zero attached hydrogens (tertiary/aromatic N) is 2. The summed E-state index contributed by atoms with van der Waals surface area (Å²) in [4.78, 5) is 14.4. The normalized spacial score (nSPS) is 18.4.